The smallest absolute Gasteiger partial charge is 0.407 e. The van der Waals surface area contributed by atoms with Gasteiger partial charge in [-0.3, -0.25) is 4.79 Å². The van der Waals surface area contributed by atoms with Crippen LogP contribution in [0.4, 0.5) is 4.79 Å². The van der Waals surface area contributed by atoms with Crippen molar-refractivity contribution in [3.63, 3.8) is 0 Å². The summed E-state index contributed by atoms with van der Waals surface area (Å²) >= 11 is 0. The number of alkyl carbamates (subject to hydrolysis) is 1. The number of carboxylic acid groups (broad SMARTS) is 1. The number of ether oxygens (including phenoxy) is 1. The number of amides is 2. The topological polar surface area (TPSA) is 95.9 Å². The van der Waals surface area contributed by atoms with E-state index >= 15 is 0 Å². The standard InChI is InChI=1S/C28H32N2O5/c1-27(25(32)33)13-8-16-30(27)24(31)17-28(14-6-7-15-28)29-26(34)35-18-23-21-11-4-2-9-19(21)20-10-3-5-12-22(20)23/h2-5,9-12,23H,6-8,13-18H2,1H3,(H,29,34)(H,32,33)/t27-/m0/s1. The van der Waals surface area contributed by atoms with E-state index in [4.69, 9.17) is 4.74 Å². The maximum absolute atomic E-state index is 13.2. The molecule has 2 N–H and O–H groups in total. The summed E-state index contributed by atoms with van der Waals surface area (Å²) in [6.45, 7) is 2.26. The van der Waals surface area contributed by atoms with Crippen molar-refractivity contribution in [2.24, 2.45) is 0 Å². The van der Waals surface area contributed by atoms with Crippen molar-refractivity contribution in [2.75, 3.05) is 13.2 Å². The SMILES string of the molecule is C[C@@]1(C(=O)O)CCCN1C(=O)CC1(NC(=O)OCC2c3ccccc3-c3ccccc32)CCCC1. The van der Waals surface area contributed by atoms with Crippen LogP contribution in [0.2, 0.25) is 0 Å². The monoisotopic (exact) mass is 476 g/mol. The molecule has 0 bridgehead atoms. The van der Waals surface area contributed by atoms with Gasteiger partial charge in [0, 0.05) is 12.5 Å². The van der Waals surface area contributed by atoms with Crippen LogP contribution in [-0.4, -0.2) is 52.2 Å². The van der Waals surface area contributed by atoms with Crippen LogP contribution in [0.5, 0.6) is 0 Å². The maximum Gasteiger partial charge on any atom is 0.407 e. The largest absolute Gasteiger partial charge is 0.480 e. The fraction of sp³-hybridized carbons (Fsp3) is 0.464. The normalized spacial score (nSPS) is 22.5. The minimum absolute atomic E-state index is 0.0322. The highest BCUT2D eigenvalue weighted by Gasteiger charge is 2.48. The van der Waals surface area contributed by atoms with Crippen molar-refractivity contribution >= 4 is 18.0 Å². The molecule has 1 saturated carbocycles. The molecule has 2 aliphatic carbocycles. The first-order chi connectivity index (χ1) is 16.8. The van der Waals surface area contributed by atoms with E-state index in [1.807, 2.05) is 24.3 Å². The van der Waals surface area contributed by atoms with Gasteiger partial charge in [-0.15, -0.1) is 0 Å². The number of hydrogen-bond donors (Lipinski definition) is 2. The number of likely N-dealkylation sites (tertiary alicyclic amines) is 1. The summed E-state index contributed by atoms with van der Waals surface area (Å²) in [6, 6.07) is 16.4. The number of carboxylic acids is 1. The first-order valence-electron chi connectivity index (χ1n) is 12.5. The van der Waals surface area contributed by atoms with Gasteiger partial charge in [0.25, 0.3) is 0 Å². The highest BCUT2D eigenvalue weighted by molar-refractivity contribution is 5.88. The van der Waals surface area contributed by atoms with Gasteiger partial charge in [0.1, 0.15) is 12.1 Å². The van der Waals surface area contributed by atoms with E-state index in [1.165, 1.54) is 16.0 Å². The Labute approximate surface area is 205 Å². The molecule has 1 aliphatic heterocycles. The van der Waals surface area contributed by atoms with E-state index in [1.54, 1.807) is 6.92 Å². The summed E-state index contributed by atoms with van der Waals surface area (Å²) in [5.74, 6) is -1.23. The lowest BCUT2D eigenvalue weighted by Gasteiger charge is -2.36. The van der Waals surface area contributed by atoms with E-state index in [-0.39, 0.29) is 24.9 Å². The first kappa shape index (κ1) is 23.4. The van der Waals surface area contributed by atoms with Crippen molar-refractivity contribution in [3.05, 3.63) is 59.7 Å². The second kappa shape index (κ2) is 9.02. The zero-order chi connectivity index (χ0) is 24.6. The minimum Gasteiger partial charge on any atom is -0.480 e. The summed E-state index contributed by atoms with van der Waals surface area (Å²) in [5.41, 5.74) is 2.76. The zero-order valence-electron chi connectivity index (χ0n) is 20.1. The summed E-state index contributed by atoms with van der Waals surface area (Å²) < 4.78 is 5.74. The van der Waals surface area contributed by atoms with Crippen LogP contribution >= 0.6 is 0 Å². The van der Waals surface area contributed by atoms with Crippen molar-refractivity contribution in [1.82, 2.24) is 10.2 Å². The van der Waals surface area contributed by atoms with E-state index in [0.717, 1.165) is 24.0 Å². The van der Waals surface area contributed by atoms with Gasteiger partial charge in [-0.1, -0.05) is 61.4 Å². The molecule has 1 heterocycles. The van der Waals surface area contributed by atoms with E-state index in [9.17, 15) is 19.5 Å². The Hall–Kier alpha value is -3.35. The second-order valence-electron chi connectivity index (χ2n) is 10.3. The van der Waals surface area contributed by atoms with Gasteiger partial charge < -0.3 is 20.1 Å². The van der Waals surface area contributed by atoms with Crippen LogP contribution in [0.25, 0.3) is 11.1 Å². The lowest BCUT2D eigenvalue weighted by molar-refractivity contribution is -0.155. The number of carbonyl (C=O) groups excluding carboxylic acids is 2. The molecule has 35 heavy (non-hydrogen) atoms. The fourth-order valence-corrected chi connectivity index (χ4v) is 6.22. The maximum atomic E-state index is 13.2. The Morgan fingerprint density at radius 1 is 0.971 bits per heavy atom. The predicted molar refractivity (Wildman–Crippen MR) is 131 cm³/mol. The Kier molecular flexibility index (Phi) is 6.03. The van der Waals surface area contributed by atoms with Crippen molar-refractivity contribution < 1.29 is 24.2 Å². The minimum atomic E-state index is -1.18. The Balaban J connectivity index is 1.26. The molecule has 0 spiro atoms. The molecule has 3 aliphatic rings. The number of nitrogens with zero attached hydrogens (tertiary/aromatic N) is 1. The van der Waals surface area contributed by atoms with Crippen LogP contribution in [-0.2, 0) is 14.3 Å². The highest BCUT2D eigenvalue weighted by Crippen LogP contribution is 2.44. The second-order valence-corrected chi connectivity index (χ2v) is 10.3. The van der Waals surface area contributed by atoms with Gasteiger partial charge in [0.15, 0.2) is 0 Å². The molecule has 0 radical (unpaired) electrons. The third kappa shape index (κ3) is 4.17. The zero-order valence-corrected chi connectivity index (χ0v) is 20.1. The van der Waals surface area contributed by atoms with Gasteiger partial charge in [0.05, 0.1) is 12.0 Å². The lowest BCUT2D eigenvalue weighted by atomic mass is 9.91. The fourth-order valence-electron chi connectivity index (χ4n) is 6.22. The first-order valence-corrected chi connectivity index (χ1v) is 12.5. The number of carbonyl (C=O) groups is 3. The highest BCUT2D eigenvalue weighted by atomic mass is 16.5. The number of fused-ring (bicyclic) bond motifs is 3. The number of nitrogens with one attached hydrogen (secondary N) is 1. The van der Waals surface area contributed by atoms with E-state index < -0.39 is 23.1 Å². The van der Waals surface area contributed by atoms with Gasteiger partial charge >= 0.3 is 12.1 Å². The number of hydrogen-bond acceptors (Lipinski definition) is 4. The summed E-state index contributed by atoms with van der Waals surface area (Å²) in [4.78, 5) is 39.5. The Morgan fingerprint density at radius 2 is 1.57 bits per heavy atom. The average Bonchev–Trinajstić information content (AvgIpc) is 3.54. The molecular formula is C28H32N2O5. The van der Waals surface area contributed by atoms with Crippen molar-refractivity contribution in [1.29, 1.82) is 0 Å². The van der Waals surface area contributed by atoms with Gasteiger partial charge in [-0.05, 0) is 54.9 Å². The van der Waals surface area contributed by atoms with Crippen LogP contribution in [0.15, 0.2) is 48.5 Å². The molecule has 0 unspecified atom stereocenters. The van der Waals surface area contributed by atoms with E-state index in [2.05, 4.69) is 29.6 Å². The molecule has 0 aromatic heterocycles. The Morgan fingerprint density at radius 3 is 2.17 bits per heavy atom. The molecule has 2 aromatic carbocycles. The molecule has 2 fully saturated rings. The van der Waals surface area contributed by atoms with Crippen molar-refractivity contribution in [2.45, 2.75) is 68.9 Å². The summed E-state index contributed by atoms with van der Waals surface area (Å²) in [6.07, 6.45) is 3.87. The molecular weight excluding hydrogens is 444 g/mol. The van der Waals surface area contributed by atoms with Gasteiger partial charge in [-0.2, -0.15) is 0 Å². The predicted octanol–water partition coefficient (Wildman–Crippen LogP) is 4.69. The molecule has 184 valence electrons. The van der Waals surface area contributed by atoms with Crippen LogP contribution in [0.3, 0.4) is 0 Å². The number of rotatable bonds is 6. The molecule has 7 nitrogen and oxygen atoms in total. The number of aliphatic carboxylic acids is 1. The van der Waals surface area contributed by atoms with E-state index in [0.29, 0.717) is 32.2 Å². The lowest BCUT2D eigenvalue weighted by Crippen LogP contribution is -2.55. The van der Waals surface area contributed by atoms with Gasteiger partial charge in [-0.25, -0.2) is 9.59 Å². The van der Waals surface area contributed by atoms with Gasteiger partial charge in [0.2, 0.25) is 5.91 Å². The quantitative estimate of drug-likeness (QED) is 0.630. The molecule has 7 heteroatoms. The Bertz CT molecular complexity index is 1110. The molecule has 1 saturated heterocycles. The molecule has 2 aromatic rings. The van der Waals surface area contributed by atoms with Crippen LogP contribution in [0.1, 0.15) is 68.9 Å². The van der Waals surface area contributed by atoms with Crippen LogP contribution in [0, 0.1) is 0 Å². The molecule has 5 rings (SSSR count). The third-order valence-electron chi connectivity index (χ3n) is 8.16. The molecule has 2 amide bonds. The third-order valence-corrected chi connectivity index (χ3v) is 8.16. The average molecular weight is 477 g/mol. The number of benzene rings is 2. The summed E-state index contributed by atoms with van der Waals surface area (Å²) in [5, 5.41) is 12.7. The molecule has 1 atom stereocenters. The van der Waals surface area contributed by atoms with Crippen molar-refractivity contribution in [3.8, 4) is 11.1 Å². The summed E-state index contributed by atoms with van der Waals surface area (Å²) in [7, 11) is 0. The van der Waals surface area contributed by atoms with Crippen LogP contribution < -0.4 is 5.32 Å².